The van der Waals surface area contributed by atoms with Gasteiger partial charge in [0.1, 0.15) is 0 Å². The second-order valence-electron chi connectivity index (χ2n) is 5.08. The van der Waals surface area contributed by atoms with Crippen LogP contribution in [-0.2, 0) is 0 Å². The van der Waals surface area contributed by atoms with E-state index in [1.165, 1.54) is 0 Å². The van der Waals surface area contributed by atoms with Crippen molar-refractivity contribution in [2.24, 2.45) is 17.8 Å². The molecule has 18 heavy (non-hydrogen) atoms. The Balaban J connectivity index is 2.83. The van der Waals surface area contributed by atoms with Crippen molar-refractivity contribution in [1.82, 2.24) is 0 Å². The van der Waals surface area contributed by atoms with Crippen LogP contribution in [0.2, 0.25) is 0 Å². The molecule has 3 unspecified atom stereocenters. The third-order valence-corrected chi connectivity index (χ3v) is 4.11. The molecule has 0 amide bonds. The van der Waals surface area contributed by atoms with Gasteiger partial charge in [-0.3, -0.25) is 0 Å². The normalized spacial score (nSPS) is 30.2. The highest BCUT2D eigenvalue weighted by Gasteiger charge is 2.71. The summed E-state index contributed by atoms with van der Waals surface area (Å²) >= 11 is 0. The third kappa shape index (κ3) is 2.46. The molecule has 0 spiro atoms. The molecule has 1 aliphatic carbocycles. The van der Waals surface area contributed by atoms with Crippen LogP contribution in [0, 0.1) is 17.8 Å². The predicted molar refractivity (Wildman–Crippen MR) is 52.7 cm³/mol. The predicted octanol–water partition coefficient (Wildman–Crippen LogP) is 3.91. The second-order valence-corrected chi connectivity index (χ2v) is 5.08. The Labute approximate surface area is 101 Å². The number of hydrogen-bond donors (Lipinski definition) is 1. The van der Waals surface area contributed by atoms with Gasteiger partial charge in [0.25, 0.3) is 5.60 Å². The minimum absolute atomic E-state index is 0.153. The molecule has 0 radical (unpaired) electrons. The van der Waals surface area contributed by atoms with Gasteiger partial charge in [0.15, 0.2) is 0 Å². The Morgan fingerprint density at radius 1 is 1.00 bits per heavy atom. The Bertz CT molecular complexity index is 281. The zero-order chi connectivity index (χ0) is 14.4. The van der Waals surface area contributed by atoms with Crippen molar-refractivity contribution in [2.45, 2.75) is 51.1 Å². The molecular weight excluding hydrogens is 262 g/mol. The molecule has 0 aromatic rings. The summed E-state index contributed by atoms with van der Waals surface area (Å²) in [6.07, 6.45) is -11.6. The average Bonchev–Trinajstić information content (AvgIpc) is 2.19. The number of aliphatic hydroxyl groups is 1. The van der Waals surface area contributed by atoms with Gasteiger partial charge in [-0.25, -0.2) is 0 Å². The standard InChI is InChI=1S/C11H16F6O/c1-3-7-4-8(6(7)2)5-9(18,10(12,13)14)11(15,16)17/h6-8,18H,3-5H2,1-2H3. The highest BCUT2D eigenvalue weighted by molar-refractivity contribution is 4.99. The van der Waals surface area contributed by atoms with E-state index in [0.29, 0.717) is 6.42 Å². The van der Waals surface area contributed by atoms with E-state index < -0.39 is 30.3 Å². The van der Waals surface area contributed by atoms with Crippen LogP contribution >= 0.6 is 0 Å². The summed E-state index contributed by atoms with van der Waals surface area (Å²) < 4.78 is 74.7. The fourth-order valence-corrected chi connectivity index (χ4v) is 2.59. The van der Waals surface area contributed by atoms with Crippen LogP contribution in [0.3, 0.4) is 0 Å². The molecule has 108 valence electrons. The maximum absolute atomic E-state index is 12.5. The van der Waals surface area contributed by atoms with Crippen molar-refractivity contribution in [3.63, 3.8) is 0 Å². The van der Waals surface area contributed by atoms with Gasteiger partial charge in [-0.1, -0.05) is 20.3 Å². The third-order valence-electron chi connectivity index (χ3n) is 4.11. The molecule has 0 bridgehead atoms. The molecule has 1 N–H and O–H groups in total. The van der Waals surface area contributed by atoms with E-state index in [0.717, 1.165) is 6.42 Å². The monoisotopic (exact) mass is 278 g/mol. The van der Waals surface area contributed by atoms with E-state index >= 15 is 0 Å². The molecule has 1 aliphatic rings. The molecular formula is C11H16F6O. The quantitative estimate of drug-likeness (QED) is 0.776. The van der Waals surface area contributed by atoms with Gasteiger partial charge >= 0.3 is 12.4 Å². The fraction of sp³-hybridized carbons (Fsp3) is 1.00. The Morgan fingerprint density at radius 2 is 1.44 bits per heavy atom. The first kappa shape index (κ1) is 15.6. The largest absolute Gasteiger partial charge is 0.426 e. The van der Waals surface area contributed by atoms with Gasteiger partial charge in [0.05, 0.1) is 0 Å². The van der Waals surface area contributed by atoms with Crippen molar-refractivity contribution in [3.8, 4) is 0 Å². The minimum atomic E-state index is -5.69. The number of hydrogen-bond acceptors (Lipinski definition) is 1. The summed E-state index contributed by atoms with van der Waals surface area (Å²) in [7, 11) is 0. The van der Waals surface area contributed by atoms with Crippen LogP contribution in [0.4, 0.5) is 26.3 Å². The SMILES string of the molecule is CCC1CC(CC(O)(C(F)(F)F)C(F)(F)F)C1C. The average molecular weight is 278 g/mol. The maximum Gasteiger partial charge on any atom is 0.426 e. The highest BCUT2D eigenvalue weighted by Crippen LogP contribution is 2.53. The summed E-state index contributed by atoms with van der Waals surface area (Å²) in [5.41, 5.74) is -4.59. The van der Waals surface area contributed by atoms with Crippen molar-refractivity contribution < 1.29 is 31.4 Å². The molecule has 1 fully saturated rings. The van der Waals surface area contributed by atoms with Gasteiger partial charge in [-0.05, 0) is 30.6 Å². The Morgan fingerprint density at radius 3 is 1.72 bits per heavy atom. The van der Waals surface area contributed by atoms with E-state index in [-0.39, 0.29) is 11.8 Å². The van der Waals surface area contributed by atoms with Crippen molar-refractivity contribution in [3.05, 3.63) is 0 Å². The zero-order valence-electron chi connectivity index (χ0n) is 10.1. The molecule has 0 heterocycles. The lowest BCUT2D eigenvalue weighted by Crippen LogP contribution is -2.59. The maximum atomic E-state index is 12.5. The van der Waals surface area contributed by atoms with Crippen LogP contribution < -0.4 is 0 Å². The van der Waals surface area contributed by atoms with Crippen LogP contribution in [0.5, 0.6) is 0 Å². The number of halogens is 6. The summed E-state index contributed by atoms with van der Waals surface area (Å²) in [5.74, 6) is -0.796. The van der Waals surface area contributed by atoms with E-state index in [1.54, 1.807) is 6.92 Å². The molecule has 1 rings (SSSR count). The van der Waals surface area contributed by atoms with Crippen molar-refractivity contribution in [2.75, 3.05) is 0 Å². The lowest BCUT2D eigenvalue weighted by molar-refractivity contribution is -0.375. The first-order valence-corrected chi connectivity index (χ1v) is 5.80. The summed E-state index contributed by atoms with van der Waals surface area (Å²) in [5, 5.41) is 9.05. The second kappa shape index (κ2) is 4.58. The van der Waals surface area contributed by atoms with Crippen LogP contribution in [0.1, 0.15) is 33.1 Å². The zero-order valence-corrected chi connectivity index (χ0v) is 10.1. The molecule has 0 aromatic heterocycles. The van der Waals surface area contributed by atoms with Gasteiger partial charge in [0, 0.05) is 0 Å². The van der Waals surface area contributed by atoms with Crippen LogP contribution in [0.25, 0.3) is 0 Å². The summed E-state index contributed by atoms with van der Waals surface area (Å²) in [6.45, 7) is 3.48. The molecule has 0 saturated heterocycles. The molecule has 3 atom stereocenters. The van der Waals surface area contributed by atoms with E-state index in [2.05, 4.69) is 0 Å². The molecule has 1 nitrogen and oxygen atoms in total. The van der Waals surface area contributed by atoms with Gasteiger partial charge in [-0.2, -0.15) is 26.3 Å². The molecule has 0 aromatic carbocycles. The van der Waals surface area contributed by atoms with E-state index in [1.807, 2.05) is 6.92 Å². The minimum Gasteiger partial charge on any atom is -0.374 e. The van der Waals surface area contributed by atoms with Gasteiger partial charge in [-0.15, -0.1) is 0 Å². The topological polar surface area (TPSA) is 20.2 Å². The first-order chi connectivity index (χ1) is 7.94. The number of rotatable bonds is 3. The first-order valence-electron chi connectivity index (χ1n) is 5.80. The van der Waals surface area contributed by atoms with Gasteiger partial charge < -0.3 is 5.11 Å². The molecule has 1 saturated carbocycles. The number of alkyl halides is 6. The van der Waals surface area contributed by atoms with Crippen LogP contribution in [-0.4, -0.2) is 23.1 Å². The van der Waals surface area contributed by atoms with Crippen LogP contribution in [0.15, 0.2) is 0 Å². The highest BCUT2D eigenvalue weighted by atomic mass is 19.4. The summed E-state index contributed by atoms with van der Waals surface area (Å²) in [4.78, 5) is 0. The Hall–Kier alpha value is -0.460. The fourth-order valence-electron chi connectivity index (χ4n) is 2.59. The van der Waals surface area contributed by atoms with E-state index in [4.69, 9.17) is 5.11 Å². The lowest BCUT2D eigenvalue weighted by Gasteiger charge is -2.46. The molecule has 0 aliphatic heterocycles. The van der Waals surface area contributed by atoms with Crippen molar-refractivity contribution >= 4 is 0 Å². The molecule has 7 heteroatoms. The smallest absolute Gasteiger partial charge is 0.374 e. The van der Waals surface area contributed by atoms with Gasteiger partial charge in [0.2, 0.25) is 0 Å². The lowest BCUT2D eigenvalue weighted by atomic mass is 9.61. The summed E-state index contributed by atoms with van der Waals surface area (Å²) in [6, 6.07) is 0. The Kier molecular flexibility index (Phi) is 3.97. The van der Waals surface area contributed by atoms with Crippen molar-refractivity contribution in [1.29, 1.82) is 0 Å². The van der Waals surface area contributed by atoms with E-state index in [9.17, 15) is 26.3 Å².